The number of anilines is 2. The minimum absolute atomic E-state index is 0.0723. The standard InChI is InChI=1S/C35H34F2N4O2S/c1-39(2)26-14-8-22(9-15-26)20-25-6-5-7-29-31(25)38-35-41(32(29)24-12-16-27(17-13-24)40(3)4)33(42)30(44-35)21-23-10-18-28(19-11-23)43-34(36)37/h8-21,32,34H,5-7H2,1-4H3/b25-20+,30-21-. The van der Waals surface area contributed by atoms with Gasteiger partial charge in [0, 0.05) is 39.6 Å². The van der Waals surface area contributed by atoms with E-state index in [-0.39, 0.29) is 17.4 Å². The molecular formula is C35H34F2N4O2S. The highest BCUT2D eigenvalue weighted by atomic mass is 32.1. The van der Waals surface area contributed by atoms with Crippen molar-refractivity contribution in [3.05, 3.63) is 126 Å². The van der Waals surface area contributed by atoms with Gasteiger partial charge in [0.15, 0.2) is 4.80 Å². The highest BCUT2D eigenvalue weighted by Gasteiger charge is 2.32. The van der Waals surface area contributed by atoms with Gasteiger partial charge in [0.25, 0.3) is 5.56 Å². The number of hydrogen-bond donors (Lipinski definition) is 0. The molecule has 0 N–H and O–H groups in total. The summed E-state index contributed by atoms with van der Waals surface area (Å²) in [6.07, 6.45) is 6.74. The summed E-state index contributed by atoms with van der Waals surface area (Å²) < 4.78 is 32.1. The summed E-state index contributed by atoms with van der Waals surface area (Å²) in [6.45, 7) is -2.89. The van der Waals surface area contributed by atoms with Crippen LogP contribution < -0.4 is 29.4 Å². The molecule has 0 bridgehead atoms. The number of fused-ring (bicyclic) bond motifs is 1. The van der Waals surface area contributed by atoms with Crippen molar-refractivity contribution in [3.63, 3.8) is 0 Å². The van der Waals surface area contributed by atoms with Crippen molar-refractivity contribution >= 4 is 34.9 Å². The van der Waals surface area contributed by atoms with Crippen molar-refractivity contribution in [2.24, 2.45) is 4.99 Å². The highest BCUT2D eigenvalue weighted by molar-refractivity contribution is 7.07. The Labute approximate surface area is 259 Å². The van der Waals surface area contributed by atoms with E-state index < -0.39 is 6.61 Å². The predicted molar refractivity (Wildman–Crippen MR) is 175 cm³/mol. The van der Waals surface area contributed by atoms with Gasteiger partial charge in [-0.3, -0.25) is 9.36 Å². The lowest BCUT2D eigenvalue weighted by Crippen LogP contribution is -2.39. The van der Waals surface area contributed by atoms with E-state index in [0.29, 0.717) is 14.9 Å². The smallest absolute Gasteiger partial charge is 0.387 e. The van der Waals surface area contributed by atoms with Gasteiger partial charge in [-0.25, -0.2) is 4.99 Å². The molecule has 1 aliphatic carbocycles. The van der Waals surface area contributed by atoms with Crippen LogP contribution in [0.15, 0.2) is 99.4 Å². The molecule has 226 valence electrons. The van der Waals surface area contributed by atoms with Crippen LogP contribution in [0.5, 0.6) is 5.75 Å². The molecular weight excluding hydrogens is 578 g/mol. The maximum absolute atomic E-state index is 14.0. The molecule has 6 nitrogen and oxygen atoms in total. The second-order valence-corrected chi connectivity index (χ2v) is 12.4. The lowest BCUT2D eigenvalue weighted by atomic mass is 9.83. The maximum atomic E-state index is 14.0. The molecule has 0 saturated heterocycles. The van der Waals surface area contributed by atoms with Crippen molar-refractivity contribution < 1.29 is 13.5 Å². The summed E-state index contributed by atoms with van der Waals surface area (Å²) in [5, 5.41) is 0. The summed E-state index contributed by atoms with van der Waals surface area (Å²) in [5.41, 5.74) is 8.26. The number of alkyl halides is 2. The van der Waals surface area contributed by atoms with Crippen molar-refractivity contribution in [1.29, 1.82) is 0 Å². The van der Waals surface area contributed by atoms with E-state index in [0.717, 1.165) is 53.0 Å². The maximum Gasteiger partial charge on any atom is 0.387 e. The molecule has 1 aromatic heterocycles. The molecule has 4 aromatic rings. The van der Waals surface area contributed by atoms with Gasteiger partial charge < -0.3 is 14.5 Å². The van der Waals surface area contributed by atoms with E-state index in [4.69, 9.17) is 4.99 Å². The minimum atomic E-state index is -2.89. The number of thiazole rings is 1. The van der Waals surface area contributed by atoms with Crippen LogP contribution in [0, 0.1) is 0 Å². The number of hydrogen-bond acceptors (Lipinski definition) is 6. The third-order valence-corrected chi connectivity index (χ3v) is 8.99. The van der Waals surface area contributed by atoms with Gasteiger partial charge in [0.2, 0.25) is 0 Å². The zero-order valence-electron chi connectivity index (χ0n) is 25.1. The number of halogens is 2. The van der Waals surface area contributed by atoms with Crippen LogP contribution in [0.25, 0.3) is 12.2 Å². The molecule has 0 amide bonds. The van der Waals surface area contributed by atoms with E-state index in [1.165, 1.54) is 29.0 Å². The molecule has 3 aromatic carbocycles. The Morgan fingerprint density at radius 1 is 0.864 bits per heavy atom. The molecule has 0 saturated carbocycles. The Balaban J connectivity index is 1.49. The third-order valence-electron chi connectivity index (χ3n) is 8.01. The van der Waals surface area contributed by atoms with E-state index >= 15 is 0 Å². The van der Waals surface area contributed by atoms with Crippen LogP contribution in [0.1, 0.15) is 42.0 Å². The molecule has 1 unspecified atom stereocenters. The van der Waals surface area contributed by atoms with E-state index in [2.05, 4.69) is 69.1 Å². The van der Waals surface area contributed by atoms with Crippen molar-refractivity contribution in [1.82, 2.24) is 4.57 Å². The molecule has 0 fully saturated rings. The number of allylic oxidation sites excluding steroid dienone is 2. The SMILES string of the molecule is CN(C)c1ccc(/C=C2\CCCC3=C2N=c2s/c(=C\c4ccc(OC(F)F)cc4)c(=O)n2C3c2ccc(N(C)C)cc2)cc1. The van der Waals surface area contributed by atoms with E-state index in [9.17, 15) is 13.6 Å². The van der Waals surface area contributed by atoms with Crippen LogP contribution in [-0.4, -0.2) is 39.4 Å². The molecule has 0 radical (unpaired) electrons. The summed E-state index contributed by atoms with van der Waals surface area (Å²) in [6, 6.07) is 22.9. The molecule has 2 heterocycles. The Hall–Kier alpha value is -4.50. The van der Waals surface area contributed by atoms with Gasteiger partial charge in [0.05, 0.1) is 16.3 Å². The summed E-state index contributed by atoms with van der Waals surface area (Å²) in [5.74, 6) is 0.0723. The summed E-state index contributed by atoms with van der Waals surface area (Å²) in [7, 11) is 8.07. The zero-order valence-corrected chi connectivity index (χ0v) is 25.9. The number of aromatic nitrogens is 1. The van der Waals surface area contributed by atoms with Crippen LogP contribution in [0.3, 0.4) is 0 Å². The van der Waals surface area contributed by atoms with Crippen LogP contribution in [0.2, 0.25) is 0 Å². The van der Waals surface area contributed by atoms with Gasteiger partial charge in [-0.15, -0.1) is 0 Å². The van der Waals surface area contributed by atoms with Gasteiger partial charge >= 0.3 is 6.61 Å². The Bertz CT molecular complexity index is 1900. The monoisotopic (exact) mass is 612 g/mol. The lowest BCUT2D eigenvalue weighted by molar-refractivity contribution is -0.0498. The number of rotatable bonds is 7. The molecule has 1 aliphatic heterocycles. The zero-order chi connectivity index (χ0) is 31.0. The molecule has 9 heteroatoms. The Kier molecular flexibility index (Phi) is 8.23. The topological polar surface area (TPSA) is 50.1 Å². The van der Waals surface area contributed by atoms with Crippen molar-refractivity contribution in [3.8, 4) is 5.75 Å². The van der Waals surface area contributed by atoms with Crippen LogP contribution >= 0.6 is 11.3 Å². The average Bonchev–Trinajstić information content (AvgIpc) is 3.31. The molecule has 1 atom stereocenters. The highest BCUT2D eigenvalue weighted by Crippen LogP contribution is 2.41. The Morgan fingerprint density at radius 3 is 2.07 bits per heavy atom. The first-order chi connectivity index (χ1) is 21.2. The first-order valence-electron chi connectivity index (χ1n) is 14.5. The first-order valence-corrected chi connectivity index (χ1v) is 15.3. The average molecular weight is 613 g/mol. The number of benzene rings is 3. The number of ether oxygens (including phenoxy) is 1. The normalized spacial score (nSPS) is 17.4. The molecule has 0 spiro atoms. The minimum Gasteiger partial charge on any atom is -0.435 e. The fraction of sp³-hybridized carbons (Fsp3) is 0.257. The first kappa shape index (κ1) is 29.6. The predicted octanol–water partition coefficient (Wildman–Crippen LogP) is 6.22. The fourth-order valence-corrected chi connectivity index (χ4v) is 6.78. The lowest BCUT2D eigenvalue weighted by Gasteiger charge is -2.31. The van der Waals surface area contributed by atoms with E-state index in [1.807, 2.05) is 32.8 Å². The quantitative estimate of drug-likeness (QED) is 0.249. The summed E-state index contributed by atoms with van der Waals surface area (Å²) in [4.78, 5) is 24.0. The Morgan fingerprint density at radius 2 is 1.45 bits per heavy atom. The number of nitrogens with zero attached hydrogens (tertiary/aromatic N) is 4. The van der Waals surface area contributed by atoms with Gasteiger partial charge in [-0.1, -0.05) is 47.7 Å². The van der Waals surface area contributed by atoms with E-state index in [1.54, 1.807) is 18.2 Å². The van der Waals surface area contributed by atoms with Crippen molar-refractivity contribution in [2.45, 2.75) is 31.9 Å². The van der Waals surface area contributed by atoms with Gasteiger partial charge in [-0.05, 0) is 95.6 Å². The molecule has 44 heavy (non-hydrogen) atoms. The van der Waals surface area contributed by atoms with Crippen LogP contribution in [0.4, 0.5) is 20.2 Å². The third kappa shape index (κ3) is 5.97. The fourth-order valence-electron chi connectivity index (χ4n) is 5.78. The van der Waals surface area contributed by atoms with Crippen molar-refractivity contribution in [2.75, 3.05) is 38.0 Å². The second kappa shape index (κ2) is 12.2. The molecule has 2 aliphatic rings. The molecule has 6 rings (SSSR count). The van der Waals surface area contributed by atoms with Crippen LogP contribution in [-0.2, 0) is 0 Å². The van der Waals surface area contributed by atoms with Gasteiger partial charge in [0.1, 0.15) is 5.75 Å². The second-order valence-electron chi connectivity index (χ2n) is 11.4. The van der Waals surface area contributed by atoms with Gasteiger partial charge in [-0.2, -0.15) is 8.78 Å². The summed E-state index contributed by atoms with van der Waals surface area (Å²) >= 11 is 1.35. The largest absolute Gasteiger partial charge is 0.435 e.